The van der Waals surface area contributed by atoms with E-state index in [1.165, 1.54) is 11.3 Å². The van der Waals surface area contributed by atoms with Crippen LogP contribution in [0.3, 0.4) is 0 Å². The van der Waals surface area contributed by atoms with Gasteiger partial charge in [0.15, 0.2) is 16.3 Å². The molecule has 2 heterocycles. The molecule has 5 rings (SSSR count). The minimum Gasteiger partial charge on any atom is -0.486 e. The fourth-order valence-corrected chi connectivity index (χ4v) is 4.94. The molecule has 0 fully saturated rings. The number of carbonyl (C=O) groups is 1. The molecule has 0 aliphatic carbocycles. The van der Waals surface area contributed by atoms with Gasteiger partial charge in [0.1, 0.15) is 13.2 Å². The Hall–Kier alpha value is -3.38. The second kappa shape index (κ2) is 8.40. The molecule has 156 valence electrons. The van der Waals surface area contributed by atoms with Crippen LogP contribution in [0.25, 0.3) is 10.2 Å². The van der Waals surface area contributed by atoms with Crippen LogP contribution in [0.15, 0.2) is 77.8 Å². The van der Waals surface area contributed by atoms with Crippen molar-refractivity contribution in [3.05, 3.63) is 88.7 Å². The van der Waals surface area contributed by atoms with Crippen LogP contribution in [0.1, 0.15) is 23.5 Å². The molecule has 0 saturated heterocycles. The Morgan fingerprint density at radius 1 is 0.968 bits per heavy atom. The topological polar surface area (TPSA) is 52.8 Å². The summed E-state index contributed by atoms with van der Waals surface area (Å²) in [7, 11) is 1.92. The van der Waals surface area contributed by atoms with Crippen molar-refractivity contribution in [2.75, 3.05) is 13.2 Å². The summed E-state index contributed by atoms with van der Waals surface area (Å²) in [5.41, 5.74) is 3.20. The standard InChI is InChI=1S/C25H22N2O3S/c1-27-20-15-21-22(30-13-12-29-21)16-23(20)31-25(27)26-24(28)14-19(17-8-4-2-5-9-17)18-10-6-3-7-11-18/h2-11,15-16,19H,12-14H2,1H3. The number of aryl methyl sites for hydroxylation is 1. The van der Waals surface area contributed by atoms with Crippen LogP contribution in [0.5, 0.6) is 11.5 Å². The number of rotatable bonds is 4. The van der Waals surface area contributed by atoms with Crippen molar-refractivity contribution in [1.82, 2.24) is 4.57 Å². The maximum Gasteiger partial charge on any atom is 0.249 e. The van der Waals surface area contributed by atoms with E-state index >= 15 is 0 Å². The number of aromatic nitrogens is 1. The Morgan fingerprint density at radius 3 is 2.16 bits per heavy atom. The highest BCUT2D eigenvalue weighted by molar-refractivity contribution is 7.16. The number of hydrogen-bond donors (Lipinski definition) is 0. The Labute approximate surface area is 184 Å². The van der Waals surface area contributed by atoms with Gasteiger partial charge < -0.3 is 14.0 Å². The second-order valence-electron chi connectivity index (χ2n) is 7.49. The van der Waals surface area contributed by atoms with Gasteiger partial charge in [0.25, 0.3) is 0 Å². The first-order chi connectivity index (χ1) is 15.2. The molecule has 0 atom stereocenters. The van der Waals surface area contributed by atoms with Crippen LogP contribution in [0.2, 0.25) is 0 Å². The predicted molar refractivity (Wildman–Crippen MR) is 122 cm³/mol. The number of ether oxygens (including phenoxy) is 2. The lowest BCUT2D eigenvalue weighted by Gasteiger charge is -2.18. The van der Waals surface area contributed by atoms with E-state index in [1.54, 1.807) is 0 Å². The van der Waals surface area contributed by atoms with E-state index in [4.69, 9.17) is 9.47 Å². The van der Waals surface area contributed by atoms with Gasteiger partial charge in [0.05, 0.1) is 10.2 Å². The normalized spacial score (nSPS) is 13.7. The summed E-state index contributed by atoms with van der Waals surface area (Å²) in [6.07, 6.45) is 0.311. The molecule has 31 heavy (non-hydrogen) atoms. The van der Waals surface area contributed by atoms with Crippen molar-refractivity contribution in [2.24, 2.45) is 12.0 Å². The number of hydrogen-bond acceptors (Lipinski definition) is 4. The minimum absolute atomic E-state index is 0.0348. The van der Waals surface area contributed by atoms with Crippen LogP contribution in [-0.2, 0) is 11.8 Å². The molecule has 3 aromatic carbocycles. The summed E-state index contributed by atoms with van der Waals surface area (Å²) in [4.78, 5) is 18.2. The van der Waals surface area contributed by atoms with E-state index < -0.39 is 0 Å². The van der Waals surface area contributed by atoms with Gasteiger partial charge in [0, 0.05) is 31.5 Å². The third-order valence-electron chi connectivity index (χ3n) is 5.48. The molecular weight excluding hydrogens is 408 g/mol. The molecule has 4 aromatic rings. The highest BCUT2D eigenvalue weighted by atomic mass is 32.1. The van der Waals surface area contributed by atoms with E-state index in [0.717, 1.165) is 32.8 Å². The summed E-state index contributed by atoms with van der Waals surface area (Å²) in [5.74, 6) is 1.30. The first-order valence-corrected chi connectivity index (χ1v) is 11.1. The van der Waals surface area contributed by atoms with Gasteiger partial charge in [-0.1, -0.05) is 72.0 Å². The SMILES string of the molecule is Cn1c(=NC(=O)CC(c2ccccc2)c2ccccc2)sc2cc3c(cc21)OCCO3. The fraction of sp³-hybridized carbons (Fsp3) is 0.200. The van der Waals surface area contributed by atoms with Gasteiger partial charge in [-0.05, 0) is 11.1 Å². The molecule has 1 aromatic heterocycles. The van der Waals surface area contributed by atoms with Crippen molar-refractivity contribution < 1.29 is 14.3 Å². The second-order valence-corrected chi connectivity index (χ2v) is 8.50. The van der Waals surface area contributed by atoms with E-state index in [1.807, 2.05) is 60.1 Å². The first-order valence-electron chi connectivity index (χ1n) is 10.3. The zero-order chi connectivity index (χ0) is 21.2. The number of nitrogens with zero attached hydrogens (tertiary/aromatic N) is 2. The van der Waals surface area contributed by atoms with Gasteiger partial charge >= 0.3 is 0 Å². The molecule has 5 nitrogen and oxygen atoms in total. The Balaban J connectivity index is 1.49. The fourth-order valence-electron chi connectivity index (χ4n) is 3.90. The lowest BCUT2D eigenvalue weighted by molar-refractivity contribution is -0.118. The Bertz CT molecular complexity index is 1250. The number of fused-ring (bicyclic) bond motifs is 2. The highest BCUT2D eigenvalue weighted by Crippen LogP contribution is 2.35. The zero-order valence-electron chi connectivity index (χ0n) is 17.2. The molecule has 1 aliphatic rings. The maximum atomic E-state index is 13.0. The van der Waals surface area contributed by atoms with Gasteiger partial charge in [-0.2, -0.15) is 4.99 Å². The summed E-state index contributed by atoms with van der Waals surface area (Å²) < 4.78 is 14.3. The molecule has 1 aliphatic heterocycles. The summed E-state index contributed by atoms with van der Waals surface area (Å²) in [6, 6.07) is 24.2. The minimum atomic E-state index is -0.142. The molecule has 0 bridgehead atoms. The molecule has 1 amide bonds. The smallest absolute Gasteiger partial charge is 0.249 e. The summed E-state index contributed by atoms with van der Waals surface area (Å²) >= 11 is 1.48. The molecule has 0 radical (unpaired) electrons. The monoisotopic (exact) mass is 430 g/mol. The number of benzene rings is 3. The molecule has 0 unspecified atom stereocenters. The van der Waals surface area contributed by atoms with Crippen molar-refractivity contribution in [2.45, 2.75) is 12.3 Å². The van der Waals surface area contributed by atoms with Crippen LogP contribution in [0.4, 0.5) is 0 Å². The third kappa shape index (κ3) is 3.99. The van der Waals surface area contributed by atoms with Crippen molar-refractivity contribution in [1.29, 1.82) is 0 Å². The quantitative estimate of drug-likeness (QED) is 0.473. The lowest BCUT2D eigenvalue weighted by Crippen LogP contribution is -2.16. The Kier molecular flexibility index (Phi) is 5.30. The van der Waals surface area contributed by atoms with Crippen molar-refractivity contribution in [3.8, 4) is 11.5 Å². The summed E-state index contributed by atoms with van der Waals surface area (Å²) in [5, 5.41) is 0. The average Bonchev–Trinajstić information content (AvgIpc) is 3.11. The molecule has 6 heteroatoms. The van der Waals surface area contributed by atoms with Crippen LogP contribution >= 0.6 is 11.3 Å². The predicted octanol–water partition coefficient (Wildman–Crippen LogP) is 4.66. The van der Waals surface area contributed by atoms with Gasteiger partial charge in [0.2, 0.25) is 5.91 Å². The molecule has 0 saturated carbocycles. The Morgan fingerprint density at radius 2 is 1.55 bits per heavy atom. The summed E-state index contributed by atoms with van der Waals surface area (Å²) in [6.45, 7) is 1.09. The number of thiazole rings is 1. The van der Waals surface area contributed by atoms with Gasteiger partial charge in [-0.25, -0.2) is 0 Å². The van der Waals surface area contributed by atoms with Crippen molar-refractivity contribution >= 4 is 27.5 Å². The highest BCUT2D eigenvalue weighted by Gasteiger charge is 2.19. The molecule has 0 spiro atoms. The number of amides is 1. The largest absolute Gasteiger partial charge is 0.486 e. The van der Waals surface area contributed by atoms with Crippen LogP contribution in [0, 0.1) is 0 Å². The maximum absolute atomic E-state index is 13.0. The van der Waals surface area contributed by atoms with E-state index in [9.17, 15) is 4.79 Å². The zero-order valence-corrected chi connectivity index (χ0v) is 18.0. The van der Waals surface area contributed by atoms with E-state index in [0.29, 0.717) is 24.4 Å². The van der Waals surface area contributed by atoms with Crippen LogP contribution < -0.4 is 14.3 Å². The van der Waals surface area contributed by atoms with Crippen LogP contribution in [-0.4, -0.2) is 23.7 Å². The average molecular weight is 431 g/mol. The third-order valence-corrected chi connectivity index (χ3v) is 6.57. The van der Waals surface area contributed by atoms with Gasteiger partial charge in [-0.3, -0.25) is 4.79 Å². The number of carbonyl (C=O) groups excluding carboxylic acids is 1. The van der Waals surface area contributed by atoms with E-state index in [2.05, 4.69) is 29.3 Å². The molecule has 0 N–H and O–H groups in total. The first kappa shape index (κ1) is 19.6. The van der Waals surface area contributed by atoms with Gasteiger partial charge in [-0.15, -0.1) is 0 Å². The lowest BCUT2D eigenvalue weighted by atomic mass is 9.88. The van der Waals surface area contributed by atoms with Crippen molar-refractivity contribution in [3.63, 3.8) is 0 Å². The van der Waals surface area contributed by atoms with E-state index in [-0.39, 0.29) is 11.8 Å². The molecular formula is C25H22N2O3S.